The van der Waals surface area contributed by atoms with Gasteiger partial charge >= 0.3 is 0 Å². The van der Waals surface area contributed by atoms with Crippen LogP contribution in [0, 0.1) is 0 Å². The molecular formula is C28H26N4O5. The number of carbonyl (C=O) groups is 1. The van der Waals surface area contributed by atoms with Crippen LogP contribution in [0.15, 0.2) is 36.4 Å². The zero-order chi connectivity index (χ0) is 25.4. The van der Waals surface area contributed by atoms with Crippen LogP contribution < -0.4 is 10.6 Å². The zero-order valence-electron chi connectivity index (χ0n) is 20.6. The van der Waals surface area contributed by atoms with Crippen molar-refractivity contribution in [1.29, 1.82) is 0 Å². The number of methoxy groups -OCH3 is 1. The molecule has 9 nitrogen and oxygen atoms in total. The normalized spacial score (nSPS) is 26.5. The van der Waals surface area contributed by atoms with Gasteiger partial charge in [0.2, 0.25) is 0 Å². The molecule has 8 rings (SSSR count). The molecule has 1 saturated heterocycles. The lowest BCUT2D eigenvalue weighted by Gasteiger charge is -2.48. The number of hydrogen-bond donors (Lipinski definition) is 4. The maximum absolute atomic E-state index is 13.4. The average Bonchev–Trinajstić information content (AvgIpc) is 3.52. The van der Waals surface area contributed by atoms with Gasteiger partial charge in [-0.05, 0) is 43.8 Å². The Morgan fingerprint density at radius 1 is 1.14 bits per heavy atom. The first-order chi connectivity index (χ1) is 17.9. The monoisotopic (exact) mass is 498 g/mol. The van der Waals surface area contributed by atoms with Gasteiger partial charge in [0.1, 0.15) is 23.8 Å². The summed E-state index contributed by atoms with van der Waals surface area (Å²) in [6.45, 7) is 2.40. The van der Waals surface area contributed by atoms with E-state index >= 15 is 0 Å². The number of benzene rings is 3. The Kier molecular flexibility index (Phi) is 3.88. The van der Waals surface area contributed by atoms with Crippen LogP contribution in [0.5, 0.6) is 11.5 Å². The Morgan fingerprint density at radius 2 is 1.97 bits per heavy atom. The first-order valence-corrected chi connectivity index (χ1v) is 12.5. The number of phenols is 2. The van der Waals surface area contributed by atoms with Crippen molar-refractivity contribution in [3.05, 3.63) is 47.5 Å². The number of rotatable bonds is 2. The SMILES string of the molecule is CN[C@H]1C[C@H]2O[C@](C)([C@H]1OC)n1c3c(O)cccc3c3c4c(c5c6cc(O)ccc6n2c5c31)C(=O)NC4. The number of para-hydroxylation sites is 1. The summed E-state index contributed by atoms with van der Waals surface area (Å²) in [6.07, 6.45) is -0.121. The molecule has 2 bridgehead atoms. The second-order valence-corrected chi connectivity index (χ2v) is 10.5. The van der Waals surface area contributed by atoms with Gasteiger partial charge in [0.25, 0.3) is 5.91 Å². The quantitative estimate of drug-likeness (QED) is 0.295. The molecule has 0 aliphatic carbocycles. The summed E-state index contributed by atoms with van der Waals surface area (Å²) in [5.41, 5.74) is 3.81. The van der Waals surface area contributed by atoms with E-state index in [0.29, 0.717) is 24.0 Å². The molecule has 0 radical (unpaired) electrons. The highest BCUT2D eigenvalue weighted by Crippen LogP contribution is 2.54. The molecule has 0 saturated carbocycles. The number of ether oxygens (including phenoxy) is 2. The number of nitrogens with zero attached hydrogens (tertiary/aromatic N) is 2. The van der Waals surface area contributed by atoms with E-state index in [0.717, 1.165) is 43.7 Å². The Balaban J connectivity index is 1.74. The number of aromatic hydroxyl groups is 2. The minimum absolute atomic E-state index is 0.0545. The summed E-state index contributed by atoms with van der Waals surface area (Å²) in [4.78, 5) is 13.4. The molecule has 3 aromatic carbocycles. The maximum Gasteiger partial charge on any atom is 0.252 e. The average molecular weight is 499 g/mol. The van der Waals surface area contributed by atoms with Gasteiger partial charge in [0.15, 0.2) is 5.72 Å². The minimum atomic E-state index is -0.982. The number of aromatic nitrogens is 2. The van der Waals surface area contributed by atoms with Crippen molar-refractivity contribution in [1.82, 2.24) is 19.8 Å². The first-order valence-electron chi connectivity index (χ1n) is 12.5. The fourth-order valence-corrected chi connectivity index (χ4v) is 7.44. The Bertz CT molecular complexity index is 1850. The second-order valence-electron chi connectivity index (χ2n) is 10.5. The second kappa shape index (κ2) is 6.74. The lowest BCUT2D eigenvalue weighted by atomic mass is 9.93. The van der Waals surface area contributed by atoms with Gasteiger partial charge in [-0.15, -0.1) is 0 Å². The van der Waals surface area contributed by atoms with Crippen molar-refractivity contribution < 1.29 is 24.5 Å². The molecule has 1 amide bonds. The molecule has 0 unspecified atom stereocenters. The van der Waals surface area contributed by atoms with Gasteiger partial charge in [-0.25, -0.2) is 0 Å². The lowest BCUT2D eigenvalue weighted by Crippen LogP contribution is -2.59. The Labute approximate surface area is 211 Å². The number of nitrogens with one attached hydrogen (secondary N) is 2. The Hall–Kier alpha value is -3.79. The van der Waals surface area contributed by atoms with Crippen LogP contribution in [0.1, 0.15) is 35.5 Å². The smallest absolute Gasteiger partial charge is 0.252 e. The van der Waals surface area contributed by atoms with E-state index in [2.05, 4.69) is 19.8 Å². The van der Waals surface area contributed by atoms with E-state index in [1.165, 1.54) is 0 Å². The van der Waals surface area contributed by atoms with Gasteiger partial charge in [0, 0.05) is 47.7 Å². The lowest BCUT2D eigenvalue weighted by molar-refractivity contribution is -0.256. The van der Waals surface area contributed by atoms with Gasteiger partial charge in [-0.1, -0.05) is 12.1 Å². The van der Waals surface area contributed by atoms with Crippen molar-refractivity contribution in [2.75, 3.05) is 14.2 Å². The van der Waals surface area contributed by atoms with Crippen molar-refractivity contribution in [2.24, 2.45) is 0 Å². The molecule has 0 spiro atoms. The van der Waals surface area contributed by atoms with E-state index in [1.54, 1.807) is 25.3 Å². The van der Waals surface area contributed by atoms with E-state index in [4.69, 9.17) is 9.47 Å². The molecule has 4 N–H and O–H groups in total. The molecule has 5 heterocycles. The largest absolute Gasteiger partial charge is 0.508 e. The van der Waals surface area contributed by atoms with Gasteiger partial charge in [-0.3, -0.25) is 4.79 Å². The van der Waals surface area contributed by atoms with Crippen LogP contribution >= 0.6 is 0 Å². The molecule has 5 aromatic rings. The van der Waals surface area contributed by atoms with Gasteiger partial charge < -0.3 is 39.5 Å². The van der Waals surface area contributed by atoms with Gasteiger partial charge in [-0.2, -0.15) is 0 Å². The Morgan fingerprint density at radius 3 is 2.76 bits per heavy atom. The molecule has 3 aliphatic heterocycles. The highest BCUT2D eigenvalue weighted by atomic mass is 16.6. The number of amides is 1. The standard InChI is InChI=1S/C28H26N4O5/c1-28-26(36-3)16(29-2)10-19(37-28)31-17-8-7-12(33)9-14(17)21-22-15(11-30-27(22)35)20-13-5-4-6-18(34)23(13)32(28)25(20)24(21)31/h4-9,16,19,26,29,33-34H,10-11H2,1-3H3,(H,30,35)/t16-,19+,26-,28+/m0/s1. The van der Waals surface area contributed by atoms with Crippen LogP contribution in [0.3, 0.4) is 0 Å². The van der Waals surface area contributed by atoms with Crippen molar-refractivity contribution in [3.63, 3.8) is 0 Å². The van der Waals surface area contributed by atoms with E-state index < -0.39 is 5.72 Å². The van der Waals surface area contributed by atoms with Crippen molar-refractivity contribution in [2.45, 2.75) is 44.0 Å². The predicted octanol–water partition coefficient (Wildman–Crippen LogP) is 3.77. The number of hydrogen-bond acceptors (Lipinski definition) is 6. The third-order valence-electron chi connectivity index (χ3n) is 8.77. The van der Waals surface area contributed by atoms with Crippen LogP contribution in [-0.2, 0) is 21.7 Å². The van der Waals surface area contributed by atoms with Crippen LogP contribution in [0.4, 0.5) is 0 Å². The topological polar surface area (TPSA) is 110 Å². The fraction of sp³-hybridized carbons (Fsp3) is 0.321. The molecule has 3 aliphatic rings. The summed E-state index contributed by atoms with van der Waals surface area (Å²) in [7, 11) is 3.61. The third-order valence-corrected chi connectivity index (χ3v) is 8.77. The number of likely N-dealkylation sites (N-methyl/N-ethyl adjacent to an activating group) is 1. The number of fused-ring (bicyclic) bond motifs is 13. The van der Waals surface area contributed by atoms with Crippen molar-refractivity contribution >= 4 is 49.5 Å². The van der Waals surface area contributed by atoms with Crippen molar-refractivity contribution in [3.8, 4) is 11.5 Å². The highest BCUT2D eigenvalue weighted by Gasteiger charge is 2.53. The number of carbonyl (C=O) groups excluding carboxylic acids is 1. The molecule has 188 valence electrons. The zero-order valence-corrected chi connectivity index (χ0v) is 20.6. The minimum Gasteiger partial charge on any atom is -0.508 e. The van der Waals surface area contributed by atoms with Crippen LogP contribution in [0.25, 0.3) is 43.6 Å². The van der Waals surface area contributed by atoms with E-state index in [9.17, 15) is 15.0 Å². The first kappa shape index (κ1) is 21.3. The predicted molar refractivity (Wildman–Crippen MR) is 139 cm³/mol. The molecule has 4 atom stereocenters. The summed E-state index contributed by atoms with van der Waals surface area (Å²) >= 11 is 0. The molecular weight excluding hydrogens is 472 g/mol. The number of phenolic OH excluding ortho intramolecular Hbond substituents is 2. The highest BCUT2D eigenvalue weighted by molar-refractivity contribution is 6.31. The van der Waals surface area contributed by atoms with E-state index in [-0.39, 0.29) is 35.8 Å². The molecule has 1 fully saturated rings. The fourth-order valence-electron chi connectivity index (χ4n) is 7.44. The molecule has 9 heteroatoms. The summed E-state index contributed by atoms with van der Waals surface area (Å²) in [5, 5.41) is 31.6. The third kappa shape index (κ3) is 2.29. The molecule has 37 heavy (non-hydrogen) atoms. The molecule has 2 aromatic heterocycles. The summed E-state index contributed by atoms with van der Waals surface area (Å²) < 4.78 is 17.4. The van der Waals surface area contributed by atoms with Crippen LogP contribution in [0.2, 0.25) is 0 Å². The summed E-state index contributed by atoms with van der Waals surface area (Å²) in [6, 6.07) is 10.7. The van der Waals surface area contributed by atoms with Crippen LogP contribution in [-0.4, -0.2) is 51.6 Å². The maximum atomic E-state index is 13.4. The van der Waals surface area contributed by atoms with E-state index in [1.807, 2.05) is 32.2 Å². The van der Waals surface area contributed by atoms with Gasteiger partial charge in [0.05, 0.1) is 27.6 Å². The summed E-state index contributed by atoms with van der Waals surface area (Å²) in [5.74, 6) is 0.136.